The number of nitrogens with zero attached hydrogens (tertiary/aromatic N) is 2. The third-order valence-electron chi connectivity index (χ3n) is 4.17. The maximum Gasteiger partial charge on any atom is 0.252 e. The lowest BCUT2D eigenvalue weighted by molar-refractivity contribution is -0.116. The second kappa shape index (κ2) is 10.2. The van der Waals surface area contributed by atoms with Gasteiger partial charge in [-0.25, -0.2) is 0 Å². The highest BCUT2D eigenvalue weighted by Crippen LogP contribution is 2.22. The van der Waals surface area contributed by atoms with Gasteiger partial charge >= 0.3 is 0 Å². The molecule has 1 heterocycles. The van der Waals surface area contributed by atoms with Crippen LogP contribution in [0, 0.1) is 0 Å². The lowest BCUT2D eigenvalue weighted by Gasteiger charge is -2.09. The molecule has 0 radical (unpaired) electrons. The van der Waals surface area contributed by atoms with Crippen molar-refractivity contribution >= 4 is 40.7 Å². The quantitative estimate of drug-likeness (QED) is 0.519. The number of anilines is 1. The number of aryl methyl sites for hydroxylation is 1. The number of benzene rings is 2. The summed E-state index contributed by atoms with van der Waals surface area (Å²) < 4.78 is 5.20. The van der Waals surface area contributed by atoms with Gasteiger partial charge in [0.25, 0.3) is 5.91 Å². The topological polar surface area (TPSA) is 97.1 Å². The molecule has 0 unspecified atom stereocenters. The Balaban J connectivity index is 1.54. The van der Waals surface area contributed by atoms with Crippen LogP contribution in [0.4, 0.5) is 5.69 Å². The zero-order valence-corrected chi connectivity index (χ0v) is 17.8. The minimum absolute atomic E-state index is 0.151. The third-order valence-corrected chi connectivity index (χ3v) is 4.73. The Kier molecular flexibility index (Phi) is 7.43. The Morgan fingerprint density at radius 1 is 1.10 bits per heavy atom. The summed E-state index contributed by atoms with van der Waals surface area (Å²) in [6.07, 6.45) is 1.27. The molecular formula is C21H20Cl2N4O3. The van der Waals surface area contributed by atoms with Gasteiger partial charge in [-0.05, 0) is 48.9 Å². The van der Waals surface area contributed by atoms with Crippen molar-refractivity contribution in [2.45, 2.75) is 26.2 Å². The van der Waals surface area contributed by atoms with Crippen molar-refractivity contribution in [1.82, 2.24) is 15.5 Å². The number of carbonyl (C=O) groups excluding carboxylic acids is 2. The fraction of sp³-hybridized carbons (Fsp3) is 0.238. The first-order chi connectivity index (χ1) is 14.5. The molecule has 0 aliphatic heterocycles. The minimum atomic E-state index is -0.243. The van der Waals surface area contributed by atoms with Crippen molar-refractivity contribution in [1.29, 1.82) is 0 Å². The Hall–Kier alpha value is -2.90. The van der Waals surface area contributed by atoms with Crippen LogP contribution in [0.5, 0.6) is 0 Å². The molecule has 30 heavy (non-hydrogen) atoms. The first kappa shape index (κ1) is 21.8. The molecular weight excluding hydrogens is 427 g/mol. The molecule has 2 amide bonds. The summed E-state index contributed by atoms with van der Waals surface area (Å²) in [6, 6.07) is 11.8. The normalized spacial score (nSPS) is 10.6. The number of aromatic nitrogens is 2. The van der Waals surface area contributed by atoms with Gasteiger partial charge < -0.3 is 15.2 Å². The lowest BCUT2D eigenvalue weighted by Crippen LogP contribution is -2.24. The van der Waals surface area contributed by atoms with Gasteiger partial charge in [0.15, 0.2) is 0 Å². The fourth-order valence-corrected chi connectivity index (χ4v) is 3.02. The van der Waals surface area contributed by atoms with E-state index in [2.05, 4.69) is 20.8 Å². The van der Waals surface area contributed by atoms with E-state index in [0.717, 1.165) is 12.0 Å². The average Bonchev–Trinajstić information content (AvgIpc) is 3.20. The van der Waals surface area contributed by atoms with Gasteiger partial charge in [-0.2, -0.15) is 4.98 Å². The SMILES string of the molecule is CCCNC(=O)c1ccc(NC(=O)CCc2nc(-c3ccc(Cl)cc3)no2)cc1Cl. The van der Waals surface area contributed by atoms with Crippen LogP contribution in [0.3, 0.4) is 0 Å². The van der Waals surface area contributed by atoms with Crippen LogP contribution in [0.2, 0.25) is 10.0 Å². The molecule has 2 N–H and O–H groups in total. The van der Waals surface area contributed by atoms with E-state index in [9.17, 15) is 9.59 Å². The van der Waals surface area contributed by atoms with Crippen LogP contribution in [-0.4, -0.2) is 28.5 Å². The van der Waals surface area contributed by atoms with Crippen LogP contribution in [0.15, 0.2) is 47.0 Å². The number of nitrogens with one attached hydrogen (secondary N) is 2. The highest BCUT2D eigenvalue weighted by atomic mass is 35.5. The molecule has 7 nitrogen and oxygen atoms in total. The zero-order valence-electron chi connectivity index (χ0n) is 16.2. The second-order valence-electron chi connectivity index (χ2n) is 6.52. The predicted molar refractivity (Wildman–Crippen MR) is 116 cm³/mol. The van der Waals surface area contributed by atoms with Crippen molar-refractivity contribution in [3.05, 3.63) is 64.0 Å². The van der Waals surface area contributed by atoms with E-state index in [1.54, 1.807) is 42.5 Å². The highest BCUT2D eigenvalue weighted by Gasteiger charge is 2.13. The molecule has 1 aromatic heterocycles. The average molecular weight is 447 g/mol. The lowest BCUT2D eigenvalue weighted by atomic mass is 10.2. The monoisotopic (exact) mass is 446 g/mol. The van der Waals surface area contributed by atoms with Gasteiger partial charge in [0, 0.05) is 35.7 Å². The molecule has 0 aliphatic rings. The maximum atomic E-state index is 12.2. The Morgan fingerprint density at radius 3 is 2.57 bits per heavy atom. The van der Waals surface area contributed by atoms with E-state index < -0.39 is 0 Å². The highest BCUT2D eigenvalue weighted by molar-refractivity contribution is 6.34. The van der Waals surface area contributed by atoms with Gasteiger partial charge in [0.05, 0.1) is 10.6 Å². The summed E-state index contributed by atoms with van der Waals surface area (Å²) >= 11 is 12.0. The van der Waals surface area contributed by atoms with E-state index in [-0.39, 0.29) is 29.7 Å². The van der Waals surface area contributed by atoms with Crippen molar-refractivity contribution in [3.63, 3.8) is 0 Å². The van der Waals surface area contributed by atoms with Gasteiger partial charge in [-0.3, -0.25) is 9.59 Å². The van der Waals surface area contributed by atoms with Gasteiger partial charge in [-0.15, -0.1) is 0 Å². The summed E-state index contributed by atoms with van der Waals surface area (Å²) in [6.45, 7) is 2.54. The molecule has 0 aliphatic carbocycles. The number of hydrogen-bond acceptors (Lipinski definition) is 5. The van der Waals surface area contributed by atoms with Gasteiger partial charge in [0.2, 0.25) is 17.6 Å². The summed E-state index contributed by atoms with van der Waals surface area (Å²) in [5, 5.41) is 10.3. The third kappa shape index (κ3) is 5.81. The van der Waals surface area contributed by atoms with Crippen molar-refractivity contribution in [2.75, 3.05) is 11.9 Å². The Morgan fingerprint density at radius 2 is 1.87 bits per heavy atom. The van der Waals surface area contributed by atoms with E-state index in [1.807, 2.05) is 6.92 Å². The number of hydrogen-bond donors (Lipinski definition) is 2. The Bertz CT molecular complexity index is 1030. The molecule has 0 spiro atoms. The molecule has 3 aromatic rings. The second-order valence-corrected chi connectivity index (χ2v) is 7.36. The molecule has 0 atom stereocenters. The molecule has 0 bridgehead atoms. The van der Waals surface area contributed by atoms with E-state index in [1.165, 1.54) is 0 Å². The number of halogens is 2. The minimum Gasteiger partial charge on any atom is -0.352 e. The van der Waals surface area contributed by atoms with Crippen LogP contribution < -0.4 is 10.6 Å². The summed E-state index contributed by atoms with van der Waals surface area (Å²) in [4.78, 5) is 28.6. The van der Waals surface area contributed by atoms with Crippen LogP contribution in [0.1, 0.15) is 36.0 Å². The molecule has 9 heteroatoms. The van der Waals surface area contributed by atoms with Crippen molar-refractivity contribution in [2.24, 2.45) is 0 Å². The smallest absolute Gasteiger partial charge is 0.252 e. The number of rotatable bonds is 8. The first-order valence-corrected chi connectivity index (χ1v) is 10.2. The number of carbonyl (C=O) groups is 2. The first-order valence-electron chi connectivity index (χ1n) is 9.42. The molecule has 0 saturated heterocycles. The predicted octanol–water partition coefficient (Wildman–Crippen LogP) is 4.75. The molecule has 156 valence electrons. The van der Waals surface area contributed by atoms with Crippen LogP contribution in [-0.2, 0) is 11.2 Å². The van der Waals surface area contributed by atoms with E-state index in [0.29, 0.717) is 34.5 Å². The van der Waals surface area contributed by atoms with Crippen LogP contribution >= 0.6 is 23.2 Å². The van der Waals surface area contributed by atoms with Crippen molar-refractivity contribution < 1.29 is 14.1 Å². The zero-order chi connectivity index (χ0) is 21.5. The van der Waals surface area contributed by atoms with E-state index >= 15 is 0 Å². The molecule has 2 aromatic carbocycles. The van der Waals surface area contributed by atoms with Crippen molar-refractivity contribution in [3.8, 4) is 11.4 Å². The molecule has 0 fully saturated rings. The largest absolute Gasteiger partial charge is 0.352 e. The summed E-state index contributed by atoms with van der Waals surface area (Å²) in [5.74, 6) is 0.315. The Labute approximate surface area is 183 Å². The standard InChI is InChI=1S/C21H20Cl2N4O3/c1-2-11-24-21(29)16-8-7-15(12-17(16)23)25-18(28)9-10-19-26-20(27-30-19)13-3-5-14(22)6-4-13/h3-8,12H,2,9-11H2,1H3,(H,24,29)(H,25,28). The fourth-order valence-electron chi connectivity index (χ4n) is 2.63. The van der Waals surface area contributed by atoms with Gasteiger partial charge in [0.1, 0.15) is 0 Å². The summed E-state index contributed by atoms with van der Waals surface area (Å²) in [7, 11) is 0. The maximum absolute atomic E-state index is 12.2. The molecule has 0 saturated carbocycles. The summed E-state index contributed by atoms with van der Waals surface area (Å²) in [5.41, 5.74) is 1.64. The number of amides is 2. The van der Waals surface area contributed by atoms with Crippen LogP contribution in [0.25, 0.3) is 11.4 Å². The van der Waals surface area contributed by atoms with Gasteiger partial charge in [-0.1, -0.05) is 35.3 Å². The molecule has 3 rings (SSSR count). The van der Waals surface area contributed by atoms with E-state index in [4.69, 9.17) is 27.7 Å².